The van der Waals surface area contributed by atoms with Gasteiger partial charge in [-0.3, -0.25) is 4.98 Å². The minimum absolute atomic E-state index is 0.463. The van der Waals surface area contributed by atoms with Crippen LogP contribution in [0, 0.1) is 0 Å². The van der Waals surface area contributed by atoms with Crippen LogP contribution in [0.3, 0.4) is 0 Å². The average Bonchev–Trinajstić information content (AvgIpc) is 2.53. The van der Waals surface area contributed by atoms with Crippen LogP contribution in [-0.2, 0) is 6.61 Å². The standard InChI is InChI=1S/C17H16N2O2/c1-20-17-10-14(18)5-7-16(17)21-11-12-4-6-15-13(9-12)3-2-8-19-15/h2-10H,11,18H2,1H3. The summed E-state index contributed by atoms with van der Waals surface area (Å²) in [7, 11) is 1.60. The van der Waals surface area contributed by atoms with Gasteiger partial charge in [-0.2, -0.15) is 0 Å². The Morgan fingerprint density at radius 1 is 1.05 bits per heavy atom. The Balaban J connectivity index is 1.80. The summed E-state index contributed by atoms with van der Waals surface area (Å²) in [5.41, 5.74) is 8.44. The summed E-state index contributed by atoms with van der Waals surface area (Å²) < 4.78 is 11.1. The van der Waals surface area contributed by atoms with Crippen molar-refractivity contribution in [2.45, 2.75) is 6.61 Å². The van der Waals surface area contributed by atoms with Crippen molar-refractivity contribution in [2.24, 2.45) is 0 Å². The second kappa shape index (κ2) is 5.71. The fourth-order valence-corrected chi connectivity index (χ4v) is 2.18. The van der Waals surface area contributed by atoms with Crippen molar-refractivity contribution in [3.63, 3.8) is 0 Å². The van der Waals surface area contributed by atoms with Gasteiger partial charge in [0.1, 0.15) is 6.61 Å². The van der Waals surface area contributed by atoms with Crippen LogP contribution in [0.1, 0.15) is 5.56 Å². The van der Waals surface area contributed by atoms with Gasteiger partial charge in [-0.1, -0.05) is 12.1 Å². The van der Waals surface area contributed by atoms with Crippen molar-refractivity contribution in [1.82, 2.24) is 4.98 Å². The molecule has 2 N–H and O–H groups in total. The number of rotatable bonds is 4. The monoisotopic (exact) mass is 280 g/mol. The first kappa shape index (κ1) is 13.2. The van der Waals surface area contributed by atoms with Gasteiger partial charge in [0.05, 0.1) is 12.6 Å². The van der Waals surface area contributed by atoms with Crippen molar-refractivity contribution >= 4 is 16.6 Å². The van der Waals surface area contributed by atoms with Crippen molar-refractivity contribution < 1.29 is 9.47 Å². The van der Waals surface area contributed by atoms with Gasteiger partial charge < -0.3 is 15.2 Å². The molecule has 0 saturated heterocycles. The first-order valence-corrected chi connectivity index (χ1v) is 6.66. The Morgan fingerprint density at radius 3 is 2.81 bits per heavy atom. The van der Waals surface area contributed by atoms with Gasteiger partial charge in [-0.25, -0.2) is 0 Å². The number of pyridine rings is 1. The normalized spacial score (nSPS) is 10.5. The lowest BCUT2D eigenvalue weighted by atomic mass is 10.1. The summed E-state index contributed by atoms with van der Waals surface area (Å²) >= 11 is 0. The maximum atomic E-state index is 5.82. The molecule has 0 aliphatic rings. The summed E-state index contributed by atoms with van der Waals surface area (Å²) in [5, 5.41) is 1.10. The molecule has 2 aromatic carbocycles. The summed E-state index contributed by atoms with van der Waals surface area (Å²) in [6, 6.07) is 15.4. The third kappa shape index (κ3) is 2.89. The molecule has 0 atom stereocenters. The van der Waals surface area contributed by atoms with Gasteiger partial charge in [0, 0.05) is 23.3 Å². The van der Waals surface area contributed by atoms with Crippen molar-refractivity contribution in [1.29, 1.82) is 0 Å². The average molecular weight is 280 g/mol. The largest absolute Gasteiger partial charge is 0.493 e. The van der Waals surface area contributed by atoms with E-state index < -0.39 is 0 Å². The van der Waals surface area contributed by atoms with Gasteiger partial charge in [-0.15, -0.1) is 0 Å². The molecule has 106 valence electrons. The number of aromatic nitrogens is 1. The number of nitrogen functional groups attached to an aromatic ring is 1. The van der Waals surface area contributed by atoms with E-state index in [0.717, 1.165) is 16.5 Å². The summed E-state index contributed by atoms with van der Waals surface area (Å²) in [6.45, 7) is 0.463. The van der Waals surface area contributed by atoms with Crippen LogP contribution >= 0.6 is 0 Å². The second-order valence-corrected chi connectivity index (χ2v) is 4.73. The van der Waals surface area contributed by atoms with Gasteiger partial charge in [0.25, 0.3) is 0 Å². The van der Waals surface area contributed by atoms with E-state index in [1.54, 1.807) is 25.4 Å². The summed E-state index contributed by atoms with van der Waals surface area (Å²) in [4.78, 5) is 4.30. The first-order chi connectivity index (χ1) is 10.3. The molecule has 4 heteroatoms. The highest BCUT2D eigenvalue weighted by molar-refractivity contribution is 5.78. The van der Waals surface area contributed by atoms with E-state index in [4.69, 9.17) is 15.2 Å². The van der Waals surface area contributed by atoms with E-state index in [9.17, 15) is 0 Å². The third-order valence-corrected chi connectivity index (χ3v) is 3.25. The lowest BCUT2D eigenvalue weighted by Gasteiger charge is -2.11. The van der Waals surface area contributed by atoms with E-state index in [0.29, 0.717) is 23.8 Å². The number of fused-ring (bicyclic) bond motifs is 1. The van der Waals surface area contributed by atoms with Crippen LogP contribution in [0.15, 0.2) is 54.7 Å². The van der Waals surface area contributed by atoms with Crippen LogP contribution in [0.2, 0.25) is 0 Å². The fraction of sp³-hybridized carbons (Fsp3) is 0.118. The maximum Gasteiger partial charge on any atom is 0.162 e. The van der Waals surface area contributed by atoms with Crippen molar-refractivity contribution in [3.05, 3.63) is 60.3 Å². The fourth-order valence-electron chi connectivity index (χ4n) is 2.18. The zero-order chi connectivity index (χ0) is 14.7. The highest BCUT2D eigenvalue weighted by Crippen LogP contribution is 2.29. The minimum atomic E-state index is 0.463. The number of hydrogen-bond donors (Lipinski definition) is 1. The lowest BCUT2D eigenvalue weighted by Crippen LogP contribution is -1.98. The summed E-state index contributed by atoms with van der Waals surface area (Å²) in [6.07, 6.45) is 1.79. The maximum absolute atomic E-state index is 5.82. The topological polar surface area (TPSA) is 57.4 Å². The molecule has 21 heavy (non-hydrogen) atoms. The predicted octanol–water partition coefficient (Wildman–Crippen LogP) is 3.40. The SMILES string of the molecule is COc1cc(N)ccc1OCc1ccc2ncccc2c1. The van der Waals surface area contributed by atoms with E-state index in [-0.39, 0.29) is 0 Å². The Bertz CT molecular complexity index is 772. The van der Waals surface area contributed by atoms with Crippen LogP contribution in [-0.4, -0.2) is 12.1 Å². The second-order valence-electron chi connectivity index (χ2n) is 4.73. The van der Waals surface area contributed by atoms with Crippen molar-refractivity contribution in [2.75, 3.05) is 12.8 Å². The molecule has 0 unspecified atom stereocenters. The van der Waals surface area contributed by atoms with Crippen LogP contribution < -0.4 is 15.2 Å². The van der Waals surface area contributed by atoms with E-state index in [1.807, 2.05) is 30.3 Å². The smallest absolute Gasteiger partial charge is 0.162 e. The molecule has 0 radical (unpaired) electrons. The molecule has 0 saturated carbocycles. The number of hydrogen-bond acceptors (Lipinski definition) is 4. The molecule has 0 fully saturated rings. The minimum Gasteiger partial charge on any atom is -0.493 e. The molecule has 0 amide bonds. The molecular weight excluding hydrogens is 264 g/mol. The molecule has 1 aromatic heterocycles. The van der Waals surface area contributed by atoms with E-state index >= 15 is 0 Å². The molecule has 0 aliphatic heterocycles. The van der Waals surface area contributed by atoms with Crippen molar-refractivity contribution in [3.8, 4) is 11.5 Å². The quantitative estimate of drug-likeness (QED) is 0.744. The molecule has 0 spiro atoms. The van der Waals surface area contributed by atoms with Crippen LogP contribution in [0.25, 0.3) is 10.9 Å². The zero-order valence-corrected chi connectivity index (χ0v) is 11.7. The molecule has 0 aliphatic carbocycles. The molecule has 0 bridgehead atoms. The molecule has 1 heterocycles. The molecular formula is C17H16N2O2. The highest BCUT2D eigenvalue weighted by Gasteiger charge is 2.05. The van der Waals surface area contributed by atoms with Gasteiger partial charge in [0.2, 0.25) is 0 Å². The number of nitrogens with two attached hydrogens (primary N) is 1. The van der Waals surface area contributed by atoms with Crippen LogP contribution in [0.4, 0.5) is 5.69 Å². The number of methoxy groups -OCH3 is 1. The Kier molecular flexibility index (Phi) is 3.60. The summed E-state index contributed by atoms with van der Waals surface area (Å²) in [5.74, 6) is 1.32. The molecule has 4 nitrogen and oxygen atoms in total. The lowest BCUT2D eigenvalue weighted by molar-refractivity contribution is 0.285. The number of benzene rings is 2. The van der Waals surface area contributed by atoms with E-state index in [2.05, 4.69) is 11.1 Å². The van der Waals surface area contributed by atoms with Gasteiger partial charge in [0.15, 0.2) is 11.5 Å². The molecule has 3 aromatic rings. The Morgan fingerprint density at radius 2 is 1.95 bits per heavy atom. The van der Waals surface area contributed by atoms with E-state index in [1.165, 1.54) is 0 Å². The molecule has 3 rings (SSSR count). The number of anilines is 1. The third-order valence-electron chi connectivity index (χ3n) is 3.25. The van der Waals surface area contributed by atoms with Crippen LogP contribution in [0.5, 0.6) is 11.5 Å². The van der Waals surface area contributed by atoms with Gasteiger partial charge >= 0.3 is 0 Å². The first-order valence-electron chi connectivity index (χ1n) is 6.66. The number of ether oxygens (including phenoxy) is 2. The van der Waals surface area contributed by atoms with Gasteiger partial charge in [-0.05, 0) is 35.9 Å². The Labute approximate surface area is 123 Å². The number of nitrogens with zero attached hydrogens (tertiary/aromatic N) is 1. The zero-order valence-electron chi connectivity index (χ0n) is 11.7. The predicted molar refractivity (Wildman–Crippen MR) is 83.5 cm³/mol. The highest BCUT2D eigenvalue weighted by atomic mass is 16.5. The Hall–Kier alpha value is -2.75.